The Hall–Kier alpha value is -5.31. The molecule has 3 N–H and O–H groups in total. The van der Waals surface area contributed by atoms with Gasteiger partial charge in [-0.1, -0.05) is 78.5 Å². The van der Waals surface area contributed by atoms with Gasteiger partial charge in [0.2, 0.25) is 0 Å². The second-order valence-electron chi connectivity index (χ2n) is 19.8. The number of ether oxygens (including phenoxy) is 5. The number of hydrogen-bond donors (Lipinski definition) is 3. The minimum Gasteiger partial charge on any atom is -0.493 e. The monoisotopic (exact) mass is 952 g/mol. The van der Waals surface area contributed by atoms with Crippen LogP contribution in [0.1, 0.15) is 81.5 Å². The summed E-state index contributed by atoms with van der Waals surface area (Å²) < 4.78 is 41.8. The van der Waals surface area contributed by atoms with E-state index < -0.39 is 34.7 Å². The van der Waals surface area contributed by atoms with Gasteiger partial charge in [-0.05, 0) is 61.2 Å². The van der Waals surface area contributed by atoms with E-state index in [1.165, 1.54) is 44.6 Å². The van der Waals surface area contributed by atoms with Crippen molar-refractivity contribution in [2.75, 3.05) is 71.0 Å². The van der Waals surface area contributed by atoms with Gasteiger partial charge in [-0.25, -0.2) is 9.59 Å². The molecule has 364 valence electrons. The molecule has 2 heterocycles. The lowest BCUT2D eigenvalue weighted by atomic mass is 10.1. The normalized spacial score (nSPS) is 16.8. The van der Waals surface area contributed by atoms with E-state index >= 15 is 0 Å². The summed E-state index contributed by atoms with van der Waals surface area (Å²) in [5.41, 5.74) is 2.19. The summed E-state index contributed by atoms with van der Waals surface area (Å²) in [7, 11) is -1.37. The molecule has 2 saturated heterocycles. The molecule has 16 nitrogen and oxygen atoms in total. The van der Waals surface area contributed by atoms with E-state index in [0.717, 1.165) is 11.1 Å². The zero-order valence-electron chi connectivity index (χ0n) is 41.1. The van der Waals surface area contributed by atoms with Crippen molar-refractivity contribution in [3.63, 3.8) is 0 Å². The van der Waals surface area contributed by atoms with E-state index in [1.54, 1.807) is 9.80 Å². The second-order valence-corrected chi connectivity index (χ2v) is 29.4. The fraction of sp³-hybridized carbons (Fsp3) is 0.542. The number of methoxy groups -OCH3 is 2. The van der Waals surface area contributed by atoms with Gasteiger partial charge < -0.3 is 47.4 Å². The van der Waals surface area contributed by atoms with Crippen molar-refractivity contribution in [3.05, 3.63) is 72.4 Å². The summed E-state index contributed by atoms with van der Waals surface area (Å²) in [6.07, 6.45) is 0.747. The molecule has 0 spiro atoms. The molecule has 4 amide bonds. The number of likely N-dealkylation sites (tertiary alicyclic amines) is 2. The summed E-state index contributed by atoms with van der Waals surface area (Å²) in [5, 5.41) is 14.8. The predicted molar refractivity (Wildman–Crippen MR) is 262 cm³/mol. The van der Waals surface area contributed by atoms with Gasteiger partial charge in [0.1, 0.15) is 6.61 Å². The van der Waals surface area contributed by atoms with Gasteiger partial charge in [0.05, 0.1) is 75.2 Å². The number of nitrogens with one attached hydrogen (secondary N) is 2. The lowest BCUT2D eigenvalue weighted by molar-refractivity contribution is 0.0680. The van der Waals surface area contributed by atoms with Crippen LogP contribution < -0.4 is 29.6 Å². The van der Waals surface area contributed by atoms with E-state index in [0.29, 0.717) is 45.6 Å². The number of hydrogen-bond acceptors (Lipinski definition) is 11. The number of amides is 4. The Balaban J connectivity index is 1.52. The third-order valence-electron chi connectivity index (χ3n) is 12.8. The number of anilines is 2. The molecule has 0 aliphatic carbocycles. The fourth-order valence-electron chi connectivity index (χ4n) is 6.92. The van der Waals surface area contributed by atoms with Crippen LogP contribution in [-0.2, 0) is 13.6 Å². The highest BCUT2D eigenvalue weighted by atomic mass is 28.4. The summed E-state index contributed by atoms with van der Waals surface area (Å²) in [5.74, 6) is 0.156. The summed E-state index contributed by atoms with van der Waals surface area (Å²) >= 11 is 0. The molecular weight excluding hydrogens is 881 g/mol. The van der Waals surface area contributed by atoms with Crippen molar-refractivity contribution in [2.24, 2.45) is 0 Å². The fourth-order valence-corrected chi connectivity index (χ4v) is 9.01. The Labute approximate surface area is 392 Å². The average molecular weight is 953 g/mol. The Morgan fingerprint density at radius 2 is 1.12 bits per heavy atom. The molecule has 66 heavy (non-hydrogen) atoms. The van der Waals surface area contributed by atoms with Crippen LogP contribution in [0, 0.1) is 0 Å². The van der Waals surface area contributed by atoms with Gasteiger partial charge in [-0.3, -0.25) is 20.2 Å². The third-order valence-corrected chi connectivity index (χ3v) is 21.8. The zero-order valence-corrected chi connectivity index (χ0v) is 43.1. The lowest BCUT2D eigenvalue weighted by Crippen LogP contribution is -2.46. The van der Waals surface area contributed by atoms with Crippen molar-refractivity contribution in [1.82, 2.24) is 9.80 Å². The molecule has 18 heteroatoms. The minimum absolute atomic E-state index is 0.0193. The maximum atomic E-state index is 14.4. The smallest absolute Gasteiger partial charge is 0.411 e. The average Bonchev–Trinajstić information content (AvgIpc) is 3.80. The molecule has 2 aromatic rings. The molecular formula is C48H72N4O12Si2. The zero-order chi connectivity index (χ0) is 49.4. The lowest BCUT2D eigenvalue weighted by Gasteiger charge is -2.38. The van der Waals surface area contributed by atoms with Crippen LogP contribution in [0.2, 0.25) is 36.3 Å². The van der Waals surface area contributed by atoms with E-state index in [2.05, 4.69) is 98.1 Å². The number of carbonyl (C=O) groups is 4. The van der Waals surface area contributed by atoms with E-state index in [-0.39, 0.29) is 93.4 Å². The van der Waals surface area contributed by atoms with Gasteiger partial charge in [-0.15, -0.1) is 0 Å². The molecule has 2 aliphatic heterocycles. The van der Waals surface area contributed by atoms with Gasteiger partial charge in [0.15, 0.2) is 39.6 Å². The van der Waals surface area contributed by atoms with Crippen molar-refractivity contribution in [3.8, 4) is 23.0 Å². The summed E-state index contributed by atoms with van der Waals surface area (Å²) in [6.45, 7) is 34.9. The van der Waals surface area contributed by atoms with Crippen molar-refractivity contribution in [1.29, 1.82) is 0 Å². The quantitative estimate of drug-likeness (QED) is 0.0650. The topological polar surface area (TPSA) is 184 Å². The number of nitrogens with zero attached hydrogens (tertiary/aromatic N) is 2. The highest BCUT2D eigenvalue weighted by Crippen LogP contribution is 2.41. The van der Waals surface area contributed by atoms with Crippen LogP contribution in [0.5, 0.6) is 23.0 Å². The Morgan fingerprint density at radius 1 is 0.712 bits per heavy atom. The Morgan fingerprint density at radius 3 is 1.48 bits per heavy atom. The maximum absolute atomic E-state index is 14.4. The van der Waals surface area contributed by atoms with Crippen molar-refractivity contribution < 1.29 is 56.8 Å². The van der Waals surface area contributed by atoms with Gasteiger partial charge in [0.25, 0.3) is 11.8 Å². The van der Waals surface area contributed by atoms with Gasteiger partial charge in [0, 0.05) is 31.6 Å². The molecule has 0 saturated carbocycles. The highest BCUT2D eigenvalue weighted by molar-refractivity contribution is 6.74. The Kier molecular flexibility index (Phi) is 17.8. The first-order valence-corrected chi connectivity index (χ1v) is 28.0. The van der Waals surface area contributed by atoms with Crippen LogP contribution in [0.15, 0.2) is 61.2 Å². The van der Waals surface area contributed by atoms with Crippen LogP contribution >= 0.6 is 0 Å². The summed E-state index contributed by atoms with van der Waals surface area (Å²) in [4.78, 5) is 56.8. The first kappa shape index (κ1) is 53.3. The highest BCUT2D eigenvalue weighted by Gasteiger charge is 2.42. The molecule has 2 aliphatic rings. The molecule has 2 aromatic carbocycles. The molecule has 0 aromatic heterocycles. The molecule has 2 atom stereocenters. The van der Waals surface area contributed by atoms with Crippen LogP contribution in [0.4, 0.5) is 21.0 Å². The minimum atomic E-state index is -2.13. The second kappa shape index (κ2) is 22.0. The van der Waals surface area contributed by atoms with Crippen LogP contribution in [0.3, 0.4) is 0 Å². The first-order chi connectivity index (χ1) is 30.7. The first-order valence-electron chi connectivity index (χ1n) is 22.2. The van der Waals surface area contributed by atoms with E-state index in [1.807, 2.05) is 0 Å². The van der Waals surface area contributed by atoms with Gasteiger partial charge in [-0.2, -0.15) is 0 Å². The summed E-state index contributed by atoms with van der Waals surface area (Å²) in [6, 6.07) is 5.39. The number of rotatable bonds is 20. The van der Waals surface area contributed by atoms with E-state index in [4.69, 9.17) is 32.5 Å². The largest absolute Gasteiger partial charge is 0.493 e. The SMILES string of the molecule is C=CCOC(=O)Nc1cc(OCCCOc2cc(NC(=O)O)c(C(=O)N3CC(=C)CC3CO[Si](C)(C)C(C)(C)C)cc2OC)c(OC)cc1C(=O)N1CC(=C)CC1CO[Si](C)(C)C(C)(C)C. The maximum Gasteiger partial charge on any atom is 0.411 e. The number of carboxylic acid groups (broad SMARTS) is 1. The van der Waals surface area contributed by atoms with Crippen molar-refractivity contribution in [2.45, 2.75) is 109 Å². The number of benzene rings is 2. The van der Waals surface area contributed by atoms with E-state index in [9.17, 15) is 24.3 Å². The van der Waals surface area contributed by atoms with Gasteiger partial charge >= 0.3 is 12.2 Å². The standard InChI is InChI=1S/C48H72N4O12Si2/c1-16-18-62-46(57)50-38-26-42(40(59-11)24-36(38)44(54)52-28-32(3)22-34(52)30-64-66(14,15)48(7,8)9)61-20-17-19-60-41-25-37(49-45(55)56)35(23-39(41)58-10)43(53)51-27-31(2)21-33(51)29-63-65(12,13)47(4,5)6/h16,23-26,33-34,49H,1-3,17-22,27-30H2,4-15H3,(H,50,57)(H,55,56). The predicted octanol–water partition coefficient (Wildman–Crippen LogP) is 9.96. The molecule has 0 bridgehead atoms. The van der Waals surface area contributed by atoms with Crippen LogP contribution in [0.25, 0.3) is 0 Å². The molecule has 2 unspecified atom stereocenters. The van der Waals surface area contributed by atoms with Crippen LogP contribution in [-0.4, -0.2) is 128 Å². The molecule has 4 rings (SSSR count). The molecule has 0 radical (unpaired) electrons. The number of carbonyl (C=O) groups excluding carboxylic acids is 3. The van der Waals surface area contributed by atoms with Crippen molar-refractivity contribution >= 4 is 52.0 Å². The molecule has 2 fully saturated rings. The Bertz CT molecular complexity index is 2150. The third kappa shape index (κ3) is 13.4.